The molecule has 0 amide bonds. The summed E-state index contributed by atoms with van der Waals surface area (Å²) in [4.78, 5) is 14.0. The number of pyridine rings is 1. The van der Waals surface area contributed by atoms with Gasteiger partial charge in [0.2, 0.25) is 0 Å². The normalized spacial score (nSPS) is 11.3. The van der Waals surface area contributed by atoms with Crippen LogP contribution in [0.4, 0.5) is 0 Å². The zero-order valence-corrected chi connectivity index (χ0v) is 19.9. The molecule has 2 aromatic heterocycles. The molecule has 0 bridgehead atoms. The Hall–Kier alpha value is -1.80. The van der Waals surface area contributed by atoms with Crippen LogP contribution in [0.1, 0.15) is 19.5 Å². The van der Waals surface area contributed by atoms with Gasteiger partial charge in [0.25, 0.3) is 0 Å². The number of nitrogens with one attached hydrogen (secondary N) is 1. The fourth-order valence-electron chi connectivity index (χ4n) is 3.08. The SMILES string of the molecule is COc1cc(OC)c(Cl)c(-c2cc3cnc(SC)nc3c(CCNC(C)C)n2)c1Cl. The van der Waals surface area contributed by atoms with Gasteiger partial charge in [-0.15, -0.1) is 0 Å². The van der Waals surface area contributed by atoms with Gasteiger partial charge >= 0.3 is 0 Å². The lowest BCUT2D eigenvalue weighted by Gasteiger charge is -2.16. The van der Waals surface area contributed by atoms with Crippen molar-refractivity contribution in [3.8, 4) is 22.8 Å². The van der Waals surface area contributed by atoms with E-state index < -0.39 is 0 Å². The Morgan fingerprint density at radius 3 is 2.30 bits per heavy atom. The van der Waals surface area contributed by atoms with Crippen molar-refractivity contribution in [2.75, 3.05) is 27.0 Å². The number of nitrogens with zero attached hydrogens (tertiary/aromatic N) is 3. The summed E-state index contributed by atoms with van der Waals surface area (Å²) in [6.45, 7) is 4.99. The highest BCUT2D eigenvalue weighted by Gasteiger charge is 2.21. The van der Waals surface area contributed by atoms with E-state index in [4.69, 9.17) is 37.7 Å². The molecule has 3 rings (SSSR count). The summed E-state index contributed by atoms with van der Waals surface area (Å²) in [6, 6.07) is 3.93. The van der Waals surface area contributed by atoms with Crippen molar-refractivity contribution in [3.05, 3.63) is 34.1 Å². The number of methoxy groups -OCH3 is 2. The lowest BCUT2D eigenvalue weighted by Crippen LogP contribution is -2.25. The van der Waals surface area contributed by atoms with E-state index in [9.17, 15) is 0 Å². The van der Waals surface area contributed by atoms with Crippen LogP contribution in [0, 0.1) is 0 Å². The molecule has 3 aromatic rings. The molecule has 30 heavy (non-hydrogen) atoms. The Bertz CT molecular complexity index is 1030. The number of halogens is 2. The first-order valence-electron chi connectivity index (χ1n) is 9.44. The second-order valence-corrected chi connectivity index (χ2v) is 8.42. The fraction of sp³-hybridized carbons (Fsp3) is 0.381. The third kappa shape index (κ3) is 4.75. The maximum Gasteiger partial charge on any atom is 0.187 e. The monoisotopic (exact) mass is 466 g/mol. The largest absolute Gasteiger partial charge is 0.495 e. The molecule has 0 saturated heterocycles. The predicted molar refractivity (Wildman–Crippen MR) is 125 cm³/mol. The van der Waals surface area contributed by atoms with Crippen LogP contribution in [-0.4, -0.2) is 48.0 Å². The summed E-state index contributed by atoms with van der Waals surface area (Å²) in [5.41, 5.74) is 2.85. The third-order valence-corrected chi connectivity index (χ3v) is 5.86. The van der Waals surface area contributed by atoms with Crippen LogP contribution in [0.15, 0.2) is 23.5 Å². The van der Waals surface area contributed by atoms with Crippen LogP contribution < -0.4 is 14.8 Å². The molecular weight excluding hydrogens is 443 g/mol. The van der Waals surface area contributed by atoms with Crippen LogP contribution in [0.25, 0.3) is 22.2 Å². The van der Waals surface area contributed by atoms with Gasteiger partial charge in [-0.05, 0) is 12.3 Å². The van der Waals surface area contributed by atoms with E-state index in [-0.39, 0.29) is 0 Å². The average molecular weight is 467 g/mol. The molecule has 0 aliphatic carbocycles. The van der Waals surface area contributed by atoms with Crippen molar-refractivity contribution in [2.24, 2.45) is 0 Å². The van der Waals surface area contributed by atoms with Gasteiger partial charge < -0.3 is 14.8 Å². The number of thioether (sulfide) groups is 1. The number of benzene rings is 1. The lowest BCUT2D eigenvalue weighted by molar-refractivity contribution is 0.395. The minimum Gasteiger partial charge on any atom is -0.495 e. The van der Waals surface area contributed by atoms with Crippen LogP contribution in [0.2, 0.25) is 10.0 Å². The van der Waals surface area contributed by atoms with E-state index in [1.165, 1.54) is 11.8 Å². The van der Waals surface area contributed by atoms with Crippen molar-refractivity contribution in [2.45, 2.75) is 31.5 Å². The molecule has 0 fully saturated rings. The van der Waals surface area contributed by atoms with E-state index in [0.717, 1.165) is 23.1 Å². The molecule has 6 nitrogen and oxygen atoms in total. The Morgan fingerprint density at radius 2 is 1.73 bits per heavy atom. The Balaban J connectivity index is 2.22. The number of rotatable bonds is 8. The van der Waals surface area contributed by atoms with Crippen LogP contribution in [-0.2, 0) is 6.42 Å². The Kier molecular flexibility index (Phi) is 7.63. The first-order valence-corrected chi connectivity index (χ1v) is 11.4. The van der Waals surface area contributed by atoms with E-state index >= 15 is 0 Å². The van der Waals surface area contributed by atoms with Crippen LogP contribution >= 0.6 is 35.0 Å². The summed E-state index contributed by atoms with van der Waals surface area (Å²) < 4.78 is 10.8. The topological polar surface area (TPSA) is 69.2 Å². The number of fused-ring (bicyclic) bond motifs is 1. The van der Waals surface area contributed by atoms with Crippen molar-refractivity contribution in [3.63, 3.8) is 0 Å². The maximum atomic E-state index is 6.62. The summed E-state index contributed by atoms with van der Waals surface area (Å²) in [5.74, 6) is 0.929. The number of aromatic nitrogens is 3. The Labute approximate surface area is 190 Å². The smallest absolute Gasteiger partial charge is 0.187 e. The minimum absolute atomic E-state index is 0.377. The van der Waals surface area contributed by atoms with Gasteiger partial charge in [0, 0.05) is 42.2 Å². The van der Waals surface area contributed by atoms with Crippen molar-refractivity contribution < 1.29 is 9.47 Å². The van der Waals surface area contributed by atoms with E-state index in [2.05, 4.69) is 29.1 Å². The number of hydrogen-bond acceptors (Lipinski definition) is 7. The van der Waals surface area contributed by atoms with Gasteiger partial charge in [-0.25, -0.2) is 9.97 Å². The third-order valence-electron chi connectivity index (χ3n) is 4.54. The van der Waals surface area contributed by atoms with Crippen molar-refractivity contribution in [1.29, 1.82) is 0 Å². The highest BCUT2D eigenvalue weighted by Crippen LogP contribution is 2.45. The molecule has 0 saturated carbocycles. The molecule has 0 aliphatic heterocycles. The second kappa shape index (κ2) is 10.0. The highest BCUT2D eigenvalue weighted by molar-refractivity contribution is 7.98. The summed E-state index contributed by atoms with van der Waals surface area (Å²) in [7, 11) is 3.10. The number of ether oxygens (including phenoxy) is 2. The van der Waals surface area contributed by atoms with Gasteiger partial charge in [0.05, 0.1) is 41.2 Å². The zero-order valence-electron chi connectivity index (χ0n) is 17.5. The minimum atomic E-state index is 0.377. The first-order chi connectivity index (χ1) is 14.4. The molecule has 9 heteroatoms. The molecule has 0 spiro atoms. The van der Waals surface area contributed by atoms with Gasteiger partial charge in [-0.1, -0.05) is 48.8 Å². The quantitative estimate of drug-likeness (QED) is 0.357. The molecule has 0 radical (unpaired) electrons. The second-order valence-electron chi connectivity index (χ2n) is 6.89. The number of hydrogen-bond donors (Lipinski definition) is 1. The van der Waals surface area contributed by atoms with E-state index in [1.54, 1.807) is 26.5 Å². The summed E-state index contributed by atoms with van der Waals surface area (Å²) in [5, 5.41) is 5.75. The van der Waals surface area contributed by atoms with Crippen molar-refractivity contribution in [1.82, 2.24) is 20.3 Å². The molecule has 1 aromatic carbocycles. The zero-order chi connectivity index (χ0) is 21.8. The fourth-order valence-corrected chi connectivity index (χ4v) is 4.12. The predicted octanol–water partition coefficient (Wildman–Crippen LogP) is 5.28. The van der Waals surface area contributed by atoms with Gasteiger partial charge in [0.1, 0.15) is 11.5 Å². The first kappa shape index (κ1) is 22.9. The van der Waals surface area contributed by atoms with Gasteiger partial charge in [0.15, 0.2) is 5.16 Å². The van der Waals surface area contributed by atoms with Crippen molar-refractivity contribution >= 4 is 45.9 Å². The van der Waals surface area contributed by atoms with Gasteiger partial charge in [-0.2, -0.15) is 0 Å². The summed E-state index contributed by atoms with van der Waals surface area (Å²) in [6.07, 6.45) is 4.45. The molecule has 0 atom stereocenters. The van der Waals surface area contributed by atoms with Crippen LogP contribution in [0.5, 0.6) is 11.5 Å². The molecule has 1 N–H and O–H groups in total. The highest BCUT2D eigenvalue weighted by atomic mass is 35.5. The van der Waals surface area contributed by atoms with E-state index in [0.29, 0.717) is 50.4 Å². The van der Waals surface area contributed by atoms with Gasteiger partial charge in [-0.3, -0.25) is 4.98 Å². The molecule has 0 aliphatic rings. The molecule has 160 valence electrons. The van der Waals surface area contributed by atoms with Crippen LogP contribution in [0.3, 0.4) is 0 Å². The average Bonchev–Trinajstić information content (AvgIpc) is 2.73. The molecule has 2 heterocycles. The summed E-state index contributed by atoms with van der Waals surface area (Å²) >= 11 is 14.7. The lowest BCUT2D eigenvalue weighted by atomic mass is 10.1. The maximum absolute atomic E-state index is 6.62. The molecular formula is C21H24Cl2N4O2S. The Morgan fingerprint density at radius 1 is 1.07 bits per heavy atom. The molecule has 0 unspecified atom stereocenters. The van der Waals surface area contributed by atoms with E-state index in [1.807, 2.05) is 12.3 Å². The standard InChI is InChI=1S/C21H24Cl2N4O2S/c1-11(2)24-7-6-13-20-12(10-25-21(27-20)30-5)8-14(26-13)17-18(22)15(28-3)9-16(29-4)19(17)23/h8-11,24H,6-7H2,1-5H3.